The Bertz CT molecular complexity index is 167. The number of hydrogen-bond acceptors (Lipinski definition) is 1. The van der Waals surface area contributed by atoms with Crippen LogP contribution in [-0.4, -0.2) is 12.0 Å². The van der Waals surface area contributed by atoms with Crippen molar-refractivity contribution < 1.29 is 18.0 Å². The van der Waals surface area contributed by atoms with Crippen LogP contribution in [0.5, 0.6) is 0 Å². The lowest BCUT2D eigenvalue weighted by atomic mass is 9.73. The number of alkyl halides is 3. The van der Waals surface area contributed by atoms with Crippen LogP contribution in [0.1, 0.15) is 19.8 Å². The molecule has 1 rings (SSSR count). The minimum Gasteiger partial charge on any atom is -0.300 e. The predicted octanol–water partition coefficient (Wildman–Crippen LogP) is 2.16. The second-order valence-corrected chi connectivity index (χ2v) is 3.02. The van der Waals surface area contributed by atoms with Gasteiger partial charge in [-0.05, 0) is 19.8 Å². The molecule has 0 bridgehead atoms. The van der Waals surface area contributed by atoms with Gasteiger partial charge in [0.25, 0.3) is 0 Å². The minimum absolute atomic E-state index is 0.00116. The number of carbonyl (C=O) groups is 1. The normalized spacial score (nSPS) is 31.3. The van der Waals surface area contributed by atoms with E-state index in [1.807, 2.05) is 0 Å². The van der Waals surface area contributed by atoms with Crippen LogP contribution in [0.2, 0.25) is 0 Å². The minimum atomic E-state index is -4.09. The van der Waals surface area contributed by atoms with Crippen molar-refractivity contribution in [2.24, 2.45) is 11.8 Å². The molecule has 1 fully saturated rings. The lowest BCUT2D eigenvalue weighted by Crippen LogP contribution is -2.38. The maximum atomic E-state index is 11.8. The highest BCUT2D eigenvalue weighted by Crippen LogP contribution is 2.44. The first-order chi connectivity index (χ1) is 4.91. The third kappa shape index (κ3) is 1.73. The summed E-state index contributed by atoms with van der Waals surface area (Å²) < 4.78 is 35.5. The fourth-order valence-corrected chi connectivity index (χ4v) is 1.22. The maximum Gasteiger partial charge on any atom is 0.391 e. The van der Waals surface area contributed by atoms with E-state index in [0.29, 0.717) is 0 Å². The van der Waals surface area contributed by atoms with Crippen LogP contribution >= 0.6 is 0 Å². The van der Waals surface area contributed by atoms with Gasteiger partial charge in [-0.15, -0.1) is 0 Å². The zero-order valence-corrected chi connectivity index (χ0v) is 6.11. The highest BCUT2D eigenvalue weighted by Gasteiger charge is 2.48. The van der Waals surface area contributed by atoms with Crippen molar-refractivity contribution in [3.8, 4) is 0 Å². The second kappa shape index (κ2) is 2.50. The monoisotopic (exact) mass is 166 g/mol. The van der Waals surface area contributed by atoms with Crippen LogP contribution in [0.15, 0.2) is 0 Å². The number of hydrogen-bond donors (Lipinski definition) is 0. The topological polar surface area (TPSA) is 17.1 Å². The molecular formula is C7H9F3O. The first-order valence-electron chi connectivity index (χ1n) is 3.48. The summed E-state index contributed by atoms with van der Waals surface area (Å²) in [7, 11) is 0. The van der Waals surface area contributed by atoms with Crippen LogP contribution in [0.25, 0.3) is 0 Å². The van der Waals surface area contributed by atoms with Crippen molar-refractivity contribution in [3.63, 3.8) is 0 Å². The van der Waals surface area contributed by atoms with Crippen molar-refractivity contribution in [2.75, 3.05) is 0 Å². The van der Waals surface area contributed by atoms with Gasteiger partial charge in [-0.3, -0.25) is 4.79 Å². The fourth-order valence-electron chi connectivity index (χ4n) is 1.22. The molecule has 1 saturated carbocycles. The molecule has 0 radical (unpaired) electrons. The number of halogens is 3. The molecule has 64 valence electrons. The van der Waals surface area contributed by atoms with Gasteiger partial charge in [0, 0.05) is 5.92 Å². The Hall–Kier alpha value is -0.540. The quantitative estimate of drug-likeness (QED) is 0.583. The molecule has 0 aromatic heterocycles. The van der Waals surface area contributed by atoms with Gasteiger partial charge in [0.2, 0.25) is 0 Å². The van der Waals surface area contributed by atoms with E-state index in [0.717, 1.165) is 0 Å². The third-order valence-electron chi connectivity index (χ3n) is 2.18. The van der Waals surface area contributed by atoms with Crippen molar-refractivity contribution in [3.05, 3.63) is 0 Å². The average Bonchev–Trinajstić information content (AvgIpc) is 1.51. The highest BCUT2D eigenvalue weighted by molar-refractivity contribution is 5.79. The molecule has 1 nitrogen and oxygen atoms in total. The van der Waals surface area contributed by atoms with E-state index in [1.165, 1.54) is 6.92 Å². The molecule has 4 heteroatoms. The van der Waals surface area contributed by atoms with Gasteiger partial charge in [0.05, 0.1) is 5.92 Å². The molecule has 1 aliphatic carbocycles. The largest absolute Gasteiger partial charge is 0.391 e. The highest BCUT2D eigenvalue weighted by atomic mass is 19.4. The molecule has 0 amide bonds. The molecule has 0 saturated heterocycles. The first kappa shape index (κ1) is 8.56. The Morgan fingerprint density at radius 2 is 1.82 bits per heavy atom. The number of ketones is 1. The summed E-state index contributed by atoms with van der Waals surface area (Å²) in [5.74, 6) is -1.68. The van der Waals surface area contributed by atoms with Gasteiger partial charge in [-0.25, -0.2) is 0 Å². The van der Waals surface area contributed by atoms with Gasteiger partial charge in [0.15, 0.2) is 0 Å². The van der Waals surface area contributed by atoms with E-state index >= 15 is 0 Å². The summed E-state index contributed by atoms with van der Waals surface area (Å²) >= 11 is 0. The molecule has 0 spiro atoms. The maximum absolute atomic E-state index is 11.8. The smallest absolute Gasteiger partial charge is 0.300 e. The summed E-state index contributed by atoms with van der Waals surface area (Å²) in [6, 6.07) is 0. The molecule has 0 atom stereocenters. The summed E-state index contributed by atoms with van der Waals surface area (Å²) in [5, 5.41) is 0. The molecule has 0 aromatic carbocycles. The van der Waals surface area contributed by atoms with Gasteiger partial charge in [-0.1, -0.05) is 0 Å². The van der Waals surface area contributed by atoms with Crippen LogP contribution in [0.4, 0.5) is 13.2 Å². The Kier molecular flexibility index (Phi) is 1.94. The summed E-state index contributed by atoms with van der Waals surface area (Å²) in [6.07, 6.45) is -4.09. The first-order valence-corrected chi connectivity index (χ1v) is 3.48. The van der Waals surface area contributed by atoms with Crippen molar-refractivity contribution in [1.29, 1.82) is 0 Å². The molecule has 1 aliphatic rings. The van der Waals surface area contributed by atoms with E-state index in [4.69, 9.17) is 0 Å². The Morgan fingerprint density at radius 3 is 2.09 bits per heavy atom. The number of carbonyl (C=O) groups excluding carboxylic acids is 1. The van der Waals surface area contributed by atoms with E-state index in [2.05, 4.69) is 0 Å². The standard InChI is InChI=1S/C7H9F3O/c1-4(11)5-2-6(3-5)7(8,9)10/h5-6H,2-3H2,1H3/t5-,6+. The van der Waals surface area contributed by atoms with E-state index in [-0.39, 0.29) is 24.5 Å². The van der Waals surface area contributed by atoms with Crippen molar-refractivity contribution >= 4 is 5.78 Å². The van der Waals surface area contributed by atoms with Crippen LogP contribution in [0.3, 0.4) is 0 Å². The fraction of sp³-hybridized carbons (Fsp3) is 0.857. The summed E-state index contributed by atoms with van der Waals surface area (Å²) in [6.45, 7) is 1.34. The van der Waals surface area contributed by atoms with Gasteiger partial charge >= 0.3 is 6.18 Å². The van der Waals surface area contributed by atoms with Crippen LogP contribution in [-0.2, 0) is 4.79 Å². The molecule has 0 unspecified atom stereocenters. The van der Waals surface area contributed by atoms with E-state index in [9.17, 15) is 18.0 Å². The summed E-state index contributed by atoms with van der Waals surface area (Å²) in [4.78, 5) is 10.5. The molecule has 11 heavy (non-hydrogen) atoms. The Balaban J connectivity index is 2.35. The SMILES string of the molecule is CC(=O)[C@H]1C[C@@H](C(F)(F)F)C1. The molecule has 0 aliphatic heterocycles. The van der Waals surface area contributed by atoms with E-state index < -0.39 is 12.1 Å². The molecule has 0 aromatic rings. The van der Waals surface area contributed by atoms with Gasteiger partial charge in [0.1, 0.15) is 5.78 Å². The van der Waals surface area contributed by atoms with E-state index in [1.54, 1.807) is 0 Å². The zero-order valence-electron chi connectivity index (χ0n) is 6.11. The molecule has 0 N–H and O–H groups in total. The lowest BCUT2D eigenvalue weighted by Gasteiger charge is -2.34. The third-order valence-corrected chi connectivity index (χ3v) is 2.18. The Morgan fingerprint density at radius 1 is 1.36 bits per heavy atom. The van der Waals surface area contributed by atoms with Gasteiger partial charge < -0.3 is 0 Å². The van der Waals surface area contributed by atoms with Crippen molar-refractivity contribution in [1.82, 2.24) is 0 Å². The molecular weight excluding hydrogens is 157 g/mol. The van der Waals surface area contributed by atoms with Crippen molar-refractivity contribution in [2.45, 2.75) is 25.9 Å². The Labute approximate surface area is 62.6 Å². The number of rotatable bonds is 1. The predicted molar refractivity (Wildman–Crippen MR) is 32.9 cm³/mol. The van der Waals surface area contributed by atoms with Gasteiger partial charge in [-0.2, -0.15) is 13.2 Å². The lowest BCUT2D eigenvalue weighted by molar-refractivity contribution is -0.203. The second-order valence-electron chi connectivity index (χ2n) is 3.02. The zero-order chi connectivity index (χ0) is 8.65. The molecule has 0 heterocycles. The van der Waals surface area contributed by atoms with Crippen LogP contribution in [0, 0.1) is 11.8 Å². The number of Topliss-reactive ketones (excluding diaryl/α,β-unsaturated/α-hetero) is 1. The summed E-state index contributed by atoms with van der Waals surface area (Å²) in [5.41, 5.74) is 0. The van der Waals surface area contributed by atoms with Crippen LogP contribution < -0.4 is 0 Å². The average molecular weight is 166 g/mol.